The molecular formula is C17H23N3. The number of pyridine rings is 1. The summed E-state index contributed by atoms with van der Waals surface area (Å²) in [5.41, 5.74) is 3.79. The van der Waals surface area contributed by atoms with Crippen LogP contribution in [0.15, 0.2) is 42.6 Å². The fourth-order valence-corrected chi connectivity index (χ4v) is 2.31. The monoisotopic (exact) mass is 269 g/mol. The molecule has 1 heterocycles. The maximum atomic E-state index is 4.43. The second-order valence-corrected chi connectivity index (χ2v) is 4.89. The summed E-state index contributed by atoms with van der Waals surface area (Å²) in [5.74, 6) is 0.987. The predicted octanol–water partition coefficient (Wildman–Crippen LogP) is 3.85. The van der Waals surface area contributed by atoms with Gasteiger partial charge in [0.15, 0.2) is 0 Å². The highest BCUT2D eigenvalue weighted by atomic mass is 15.1. The molecule has 0 bridgehead atoms. The molecule has 1 N–H and O–H groups in total. The molecule has 2 aromatic rings. The van der Waals surface area contributed by atoms with Gasteiger partial charge in [-0.2, -0.15) is 0 Å². The van der Waals surface area contributed by atoms with Gasteiger partial charge < -0.3 is 10.2 Å². The molecular weight excluding hydrogens is 246 g/mol. The van der Waals surface area contributed by atoms with Crippen LogP contribution < -0.4 is 10.2 Å². The smallest absolute Gasteiger partial charge is 0.130 e. The van der Waals surface area contributed by atoms with E-state index in [1.807, 2.05) is 12.3 Å². The van der Waals surface area contributed by atoms with E-state index in [-0.39, 0.29) is 0 Å². The maximum absolute atomic E-state index is 4.43. The summed E-state index contributed by atoms with van der Waals surface area (Å²) in [6.07, 6.45) is 1.84. The van der Waals surface area contributed by atoms with Crippen LogP contribution in [0, 0.1) is 6.92 Å². The number of aryl methyl sites for hydroxylation is 1. The van der Waals surface area contributed by atoms with Gasteiger partial charge in [-0.05, 0) is 44.5 Å². The van der Waals surface area contributed by atoms with Crippen LogP contribution in [0.1, 0.15) is 25.0 Å². The molecule has 0 aliphatic heterocycles. The summed E-state index contributed by atoms with van der Waals surface area (Å²) >= 11 is 0. The lowest BCUT2D eigenvalue weighted by Crippen LogP contribution is -2.23. The highest BCUT2D eigenvalue weighted by Gasteiger charge is 2.09. The molecule has 1 aromatic heterocycles. The molecule has 0 aliphatic carbocycles. The number of anilines is 2. The molecule has 0 atom stereocenters. The van der Waals surface area contributed by atoms with Gasteiger partial charge in [0.05, 0.1) is 0 Å². The number of hydrogen-bond donors (Lipinski definition) is 1. The van der Waals surface area contributed by atoms with Gasteiger partial charge >= 0.3 is 0 Å². The lowest BCUT2D eigenvalue weighted by Gasteiger charge is -2.24. The molecule has 3 nitrogen and oxygen atoms in total. The number of aromatic nitrogens is 1. The van der Waals surface area contributed by atoms with E-state index in [0.29, 0.717) is 0 Å². The molecule has 106 valence electrons. The largest absolute Gasteiger partial charge is 0.370 e. The number of benzene rings is 1. The first-order valence-corrected chi connectivity index (χ1v) is 7.24. The molecule has 2 rings (SSSR count). The highest BCUT2D eigenvalue weighted by molar-refractivity contribution is 5.52. The zero-order valence-electron chi connectivity index (χ0n) is 12.6. The topological polar surface area (TPSA) is 28.2 Å². The van der Waals surface area contributed by atoms with Crippen molar-refractivity contribution in [3.8, 4) is 0 Å². The van der Waals surface area contributed by atoms with Gasteiger partial charge in [0.2, 0.25) is 0 Å². The van der Waals surface area contributed by atoms with Crippen LogP contribution in [0.2, 0.25) is 0 Å². The Morgan fingerprint density at radius 2 is 2.00 bits per heavy atom. The second kappa shape index (κ2) is 6.94. The maximum Gasteiger partial charge on any atom is 0.130 e. The fourth-order valence-electron chi connectivity index (χ4n) is 2.31. The lowest BCUT2D eigenvalue weighted by atomic mass is 10.1. The summed E-state index contributed by atoms with van der Waals surface area (Å²) in [4.78, 5) is 6.80. The Labute approximate surface area is 121 Å². The average Bonchev–Trinajstić information content (AvgIpc) is 2.46. The van der Waals surface area contributed by atoms with Crippen LogP contribution in [-0.2, 0) is 6.54 Å². The van der Waals surface area contributed by atoms with E-state index in [9.17, 15) is 0 Å². The normalized spacial score (nSPS) is 10.3. The van der Waals surface area contributed by atoms with Gasteiger partial charge in [-0.1, -0.05) is 18.2 Å². The molecule has 1 aromatic carbocycles. The van der Waals surface area contributed by atoms with Crippen molar-refractivity contribution < 1.29 is 0 Å². The van der Waals surface area contributed by atoms with Crippen LogP contribution >= 0.6 is 0 Å². The minimum atomic E-state index is 0.871. The Bertz CT molecular complexity index is 551. The van der Waals surface area contributed by atoms with Gasteiger partial charge in [-0.15, -0.1) is 0 Å². The quantitative estimate of drug-likeness (QED) is 0.863. The first-order chi connectivity index (χ1) is 9.74. The summed E-state index contributed by atoms with van der Waals surface area (Å²) in [5, 5.41) is 3.33. The SMILES string of the molecule is CCNc1ncccc1CN(CC)c1cccc(C)c1. The zero-order chi connectivity index (χ0) is 14.4. The van der Waals surface area contributed by atoms with Crippen molar-refractivity contribution in [3.05, 3.63) is 53.7 Å². The third-order valence-electron chi connectivity index (χ3n) is 3.35. The Morgan fingerprint density at radius 1 is 1.15 bits per heavy atom. The van der Waals surface area contributed by atoms with E-state index < -0.39 is 0 Å². The Kier molecular flexibility index (Phi) is 4.99. The molecule has 20 heavy (non-hydrogen) atoms. The van der Waals surface area contributed by atoms with Gasteiger partial charge in [-0.3, -0.25) is 0 Å². The zero-order valence-corrected chi connectivity index (χ0v) is 12.6. The van der Waals surface area contributed by atoms with Crippen molar-refractivity contribution in [2.75, 3.05) is 23.3 Å². The van der Waals surface area contributed by atoms with E-state index in [0.717, 1.165) is 25.5 Å². The van der Waals surface area contributed by atoms with E-state index >= 15 is 0 Å². The third kappa shape index (κ3) is 3.50. The average molecular weight is 269 g/mol. The summed E-state index contributed by atoms with van der Waals surface area (Å²) < 4.78 is 0. The van der Waals surface area contributed by atoms with Crippen molar-refractivity contribution in [3.63, 3.8) is 0 Å². The molecule has 0 radical (unpaired) electrons. The minimum absolute atomic E-state index is 0.871. The van der Waals surface area contributed by atoms with Crippen LogP contribution in [0.3, 0.4) is 0 Å². The molecule has 0 saturated heterocycles. The first kappa shape index (κ1) is 14.4. The lowest BCUT2D eigenvalue weighted by molar-refractivity contribution is 0.827. The van der Waals surface area contributed by atoms with Crippen molar-refractivity contribution in [2.45, 2.75) is 27.3 Å². The summed E-state index contributed by atoms with van der Waals surface area (Å²) in [6.45, 7) is 9.15. The predicted molar refractivity (Wildman–Crippen MR) is 86.3 cm³/mol. The van der Waals surface area contributed by atoms with Gasteiger partial charge in [0, 0.05) is 37.1 Å². The number of hydrogen-bond acceptors (Lipinski definition) is 3. The second-order valence-electron chi connectivity index (χ2n) is 4.89. The third-order valence-corrected chi connectivity index (χ3v) is 3.35. The van der Waals surface area contributed by atoms with Crippen molar-refractivity contribution in [2.24, 2.45) is 0 Å². The van der Waals surface area contributed by atoms with E-state index in [4.69, 9.17) is 0 Å². The Morgan fingerprint density at radius 3 is 2.70 bits per heavy atom. The Hall–Kier alpha value is -2.03. The highest BCUT2D eigenvalue weighted by Crippen LogP contribution is 2.21. The van der Waals surface area contributed by atoms with Crippen LogP contribution in [0.5, 0.6) is 0 Å². The molecule has 0 amide bonds. The summed E-state index contributed by atoms with van der Waals surface area (Å²) in [7, 11) is 0. The van der Waals surface area contributed by atoms with Gasteiger partial charge in [0.1, 0.15) is 5.82 Å². The van der Waals surface area contributed by atoms with E-state index in [2.05, 4.69) is 66.3 Å². The first-order valence-electron chi connectivity index (χ1n) is 7.24. The number of nitrogens with one attached hydrogen (secondary N) is 1. The van der Waals surface area contributed by atoms with Crippen molar-refractivity contribution in [1.82, 2.24) is 4.98 Å². The molecule has 0 saturated carbocycles. The molecule has 0 spiro atoms. The van der Waals surface area contributed by atoms with Crippen LogP contribution in [0.4, 0.5) is 11.5 Å². The van der Waals surface area contributed by atoms with E-state index in [1.54, 1.807) is 0 Å². The van der Waals surface area contributed by atoms with Crippen LogP contribution in [-0.4, -0.2) is 18.1 Å². The molecule has 0 unspecified atom stereocenters. The van der Waals surface area contributed by atoms with Gasteiger partial charge in [-0.25, -0.2) is 4.98 Å². The Balaban J connectivity index is 2.22. The standard InChI is InChI=1S/C17H23N3/c1-4-18-17-15(9-7-11-19-17)13-20(5-2)16-10-6-8-14(3)12-16/h6-12H,4-5,13H2,1-3H3,(H,18,19). The molecule has 0 fully saturated rings. The number of nitrogens with zero attached hydrogens (tertiary/aromatic N) is 2. The molecule has 0 aliphatic rings. The minimum Gasteiger partial charge on any atom is -0.370 e. The molecule has 3 heteroatoms. The van der Waals surface area contributed by atoms with Crippen molar-refractivity contribution in [1.29, 1.82) is 0 Å². The van der Waals surface area contributed by atoms with Crippen molar-refractivity contribution >= 4 is 11.5 Å². The fraction of sp³-hybridized carbons (Fsp3) is 0.353. The van der Waals surface area contributed by atoms with E-state index in [1.165, 1.54) is 16.8 Å². The van der Waals surface area contributed by atoms with Gasteiger partial charge in [0.25, 0.3) is 0 Å². The van der Waals surface area contributed by atoms with Crippen LogP contribution in [0.25, 0.3) is 0 Å². The number of rotatable bonds is 6. The summed E-state index contributed by atoms with van der Waals surface area (Å²) in [6, 6.07) is 12.8.